The Balaban J connectivity index is 1.86. The van der Waals surface area contributed by atoms with Gasteiger partial charge in [-0.05, 0) is 30.2 Å². The molecule has 0 aliphatic heterocycles. The lowest BCUT2D eigenvalue weighted by Crippen LogP contribution is -2.23. The summed E-state index contributed by atoms with van der Waals surface area (Å²) in [5.41, 5.74) is 2.31. The van der Waals surface area contributed by atoms with E-state index < -0.39 is 0 Å². The van der Waals surface area contributed by atoms with Crippen molar-refractivity contribution in [1.82, 2.24) is 5.32 Å². The minimum absolute atomic E-state index is 0.326. The zero-order valence-corrected chi connectivity index (χ0v) is 11.8. The van der Waals surface area contributed by atoms with Gasteiger partial charge in [0, 0.05) is 13.1 Å². The summed E-state index contributed by atoms with van der Waals surface area (Å²) in [5, 5.41) is 12.4. The largest absolute Gasteiger partial charge is 0.489 e. The molecule has 0 bridgehead atoms. The monoisotopic (exact) mass is 271 g/mol. The minimum atomic E-state index is -0.326. The van der Waals surface area contributed by atoms with E-state index in [4.69, 9.17) is 4.74 Å². The molecule has 106 valence electrons. The molecule has 3 nitrogen and oxygen atoms in total. The number of rotatable bonds is 7. The topological polar surface area (TPSA) is 41.5 Å². The van der Waals surface area contributed by atoms with Crippen LogP contribution in [0.25, 0.3) is 0 Å². The van der Waals surface area contributed by atoms with E-state index in [1.165, 1.54) is 0 Å². The Bertz CT molecular complexity index is 511. The molecule has 0 amide bonds. The first-order chi connectivity index (χ1) is 9.74. The molecule has 0 radical (unpaired) electrons. The van der Waals surface area contributed by atoms with Crippen LogP contribution in [0.1, 0.15) is 18.1 Å². The second-order valence-electron chi connectivity index (χ2n) is 4.90. The minimum Gasteiger partial charge on any atom is -0.489 e. The van der Waals surface area contributed by atoms with Crippen molar-refractivity contribution in [1.29, 1.82) is 0 Å². The van der Waals surface area contributed by atoms with Gasteiger partial charge in [0.25, 0.3) is 0 Å². The molecule has 20 heavy (non-hydrogen) atoms. The molecule has 0 unspecified atom stereocenters. The summed E-state index contributed by atoms with van der Waals surface area (Å²) in [6.45, 7) is 3.67. The van der Waals surface area contributed by atoms with Crippen LogP contribution in [0.2, 0.25) is 0 Å². The quantitative estimate of drug-likeness (QED) is 0.813. The van der Waals surface area contributed by atoms with Crippen molar-refractivity contribution in [3.8, 4) is 5.75 Å². The van der Waals surface area contributed by atoms with Gasteiger partial charge in [0.2, 0.25) is 0 Å². The van der Waals surface area contributed by atoms with Crippen molar-refractivity contribution in [3.05, 3.63) is 65.7 Å². The Hall–Kier alpha value is -1.84. The zero-order chi connectivity index (χ0) is 14.2. The van der Waals surface area contributed by atoms with E-state index in [-0.39, 0.29) is 6.10 Å². The van der Waals surface area contributed by atoms with E-state index in [1.54, 1.807) is 6.92 Å². The van der Waals surface area contributed by atoms with Crippen molar-refractivity contribution >= 4 is 0 Å². The SMILES string of the molecule is C[C@@H](O)CNCc1cccc(OCc2ccccc2)c1. The van der Waals surface area contributed by atoms with Gasteiger partial charge in [0.05, 0.1) is 6.10 Å². The van der Waals surface area contributed by atoms with Gasteiger partial charge in [-0.1, -0.05) is 42.5 Å². The highest BCUT2D eigenvalue weighted by atomic mass is 16.5. The lowest BCUT2D eigenvalue weighted by Gasteiger charge is -2.10. The average Bonchev–Trinajstić information content (AvgIpc) is 2.46. The molecule has 0 aromatic heterocycles. The number of ether oxygens (including phenoxy) is 1. The van der Waals surface area contributed by atoms with Gasteiger partial charge in [-0.2, -0.15) is 0 Å². The van der Waals surface area contributed by atoms with Crippen LogP contribution in [-0.4, -0.2) is 17.8 Å². The summed E-state index contributed by atoms with van der Waals surface area (Å²) in [4.78, 5) is 0. The van der Waals surface area contributed by atoms with Crippen molar-refractivity contribution in [3.63, 3.8) is 0 Å². The number of nitrogens with one attached hydrogen (secondary N) is 1. The van der Waals surface area contributed by atoms with Crippen LogP contribution in [0.15, 0.2) is 54.6 Å². The molecule has 1 atom stereocenters. The summed E-state index contributed by atoms with van der Waals surface area (Å²) >= 11 is 0. The van der Waals surface area contributed by atoms with Gasteiger partial charge >= 0.3 is 0 Å². The molecule has 3 heteroatoms. The number of hydrogen-bond donors (Lipinski definition) is 2. The first kappa shape index (κ1) is 14.6. The summed E-state index contributed by atoms with van der Waals surface area (Å²) in [6.07, 6.45) is -0.326. The number of benzene rings is 2. The van der Waals surface area contributed by atoms with E-state index in [9.17, 15) is 5.11 Å². The molecule has 2 rings (SSSR count). The molecule has 0 saturated heterocycles. The highest BCUT2D eigenvalue weighted by Crippen LogP contribution is 2.15. The molecular formula is C17H21NO2. The molecule has 2 aromatic rings. The normalized spacial score (nSPS) is 12.1. The molecule has 0 heterocycles. The number of aliphatic hydroxyl groups is 1. The van der Waals surface area contributed by atoms with Gasteiger partial charge in [0.1, 0.15) is 12.4 Å². The van der Waals surface area contributed by atoms with Gasteiger partial charge in [-0.25, -0.2) is 0 Å². The van der Waals surface area contributed by atoms with E-state index in [1.807, 2.05) is 54.6 Å². The smallest absolute Gasteiger partial charge is 0.120 e. The molecule has 0 fully saturated rings. The third-order valence-corrected chi connectivity index (χ3v) is 2.92. The van der Waals surface area contributed by atoms with Gasteiger partial charge in [-0.3, -0.25) is 0 Å². The van der Waals surface area contributed by atoms with Gasteiger partial charge < -0.3 is 15.2 Å². The van der Waals surface area contributed by atoms with Gasteiger partial charge in [0.15, 0.2) is 0 Å². The third kappa shape index (κ3) is 5.03. The fourth-order valence-electron chi connectivity index (χ4n) is 1.91. The third-order valence-electron chi connectivity index (χ3n) is 2.92. The van der Waals surface area contributed by atoms with Crippen molar-refractivity contribution < 1.29 is 9.84 Å². The maximum absolute atomic E-state index is 9.21. The average molecular weight is 271 g/mol. The zero-order valence-electron chi connectivity index (χ0n) is 11.8. The Morgan fingerprint density at radius 3 is 2.55 bits per heavy atom. The maximum Gasteiger partial charge on any atom is 0.120 e. The fourth-order valence-corrected chi connectivity index (χ4v) is 1.91. The van der Waals surface area contributed by atoms with E-state index >= 15 is 0 Å². The Morgan fingerprint density at radius 2 is 1.80 bits per heavy atom. The second-order valence-corrected chi connectivity index (χ2v) is 4.90. The van der Waals surface area contributed by atoms with Crippen molar-refractivity contribution in [2.45, 2.75) is 26.2 Å². The molecule has 2 aromatic carbocycles. The van der Waals surface area contributed by atoms with Crippen molar-refractivity contribution in [2.24, 2.45) is 0 Å². The predicted octanol–water partition coefficient (Wildman–Crippen LogP) is 2.74. The molecule has 0 aliphatic rings. The van der Waals surface area contributed by atoms with E-state index in [0.29, 0.717) is 13.2 Å². The van der Waals surface area contributed by atoms with Crippen LogP contribution < -0.4 is 10.1 Å². The molecule has 0 saturated carbocycles. The molecular weight excluding hydrogens is 250 g/mol. The highest BCUT2D eigenvalue weighted by molar-refractivity contribution is 5.29. The maximum atomic E-state index is 9.21. The van der Waals surface area contributed by atoms with E-state index in [0.717, 1.165) is 23.4 Å². The molecule has 0 aliphatic carbocycles. The van der Waals surface area contributed by atoms with Crippen LogP contribution in [0.3, 0.4) is 0 Å². The lowest BCUT2D eigenvalue weighted by atomic mass is 10.2. The standard InChI is InChI=1S/C17H21NO2/c1-14(19)11-18-12-16-8-5-9-17(10-16)20-13-15-6-3-2-4-7-15/h2-10,14,18-19H,11-13H2,1H3/t14-/m1/s1. The highest BCUT2D eigenvalue weighted by Gasteiger charge is 1.99. The first-order valence-electron chi connectivity index (χ1n) is 6.88. The van der Waals surface area contributed by atoms with Crippen LogP contribution in [0.5, 0.6) is 5.75 Å². The summed E-state index contributed by atoms with van der Waals surface area (Å²) in [5.74, 6) is 0.866. The van der Waals surface area contributed by atoms with Gasteiger partial charge in [-0.15, -0.1) is 0 Å². The van der Waals surface area contributed by atoms with Crippen LogP contribution >= 0.6 is 0 Å². The fraction of sp³-hybridized carbons (Fsp3) is 0.294. The lowest BCUT2D eigenvalue weighted by molar-refractivity contribution is 0.191. The summed E-state index contributed by atoms with van der Waals surface area (Å²) < 4.78 is 5.78. The number of hydrogen-bond acceptors (Lipinski definition) is 3. The Labute approximate surface area is 120 Å². The molecule has 0 spiro atoms. The summed E-state index contributed by atoms with van der Waals surface area (Å²) in [7, 11) is 0. The van der Waals surface area contributed by atoms with Crippen LogP contribution in [-0.2, 0) is 13.2 Å². The Morgan fingerprint density at radius 1 is 1.05 bits per heavy atom. The predicted molar refractivity (Wildman–Crippen MR) is 80.6 cm³/mol. The van der Waals surface area contributed by atoms with Crippen LogP contribution in [0, 0.1) is 0 Å². The van der Waals surface area contributed by atoms with Crippen LogP contribution in [0.4, 0.5) is 0 Å². The van der Waals surface area contributed by atoms with Crippen molar-refractivity contribution in [2.75, 3.05) is 6.54 Å². The second kappa shape index (κ2) is 7.68. The number of aliphatic hydroxyl groups excluding tert-OH is 1. The Kier molecular flexibility index (Phi) is 5.59. The molecule has 2 N–H and O–H groups in total. The summed E-state index contributed by atoms with van der Waals surface area (Å²) in [6, 6.07) is 18.1. The first-order valence-corrected chi connectivity index (χ1v) is 6.88. The van der Waals surface area contributed by atoms with E-state index in [2.05, 4.69) is 5.32 Å².